The summed E-state index contributed by atoms with van der Waals surface area (Å²) in [6.07, 6.45) is 2.83. The van der Waals surface area contributed by atoms with Crippen LogP contribution in [0.25, 0.3) is 0 Å². The van der Waals surface area contributed by atoms with Crippen LogP contribution >= 0.6 is 0 Å². The number of nitrogens with one attached hydrogen (secondary N) is 2. The highest BCUT2D eigenvalue weighted by molar-refractivity contribution is 5.80. The van der Waals surface area contributed by atoms with Crippen LogP contribution in [0.3, 0.4) is 0 Å². The molecule has 0 radical (unpaired) electrons. The van der Waals surface area contributed by atoms with Crippen LogP contribution in [0.1, 0.15) is 19.4 Å². The Morgan fingerprint density at radius 1 is 1.35 bits per heavy atom. The number of hydrogen-bond donors (Lipinski definition) is 2. The molecule has 0 fully saturated rings. The van der Waals surface area contributed by atoms with Crippen molar-refractivity contribution in [2.45, 2.75) is 20.0 Å². The van der Waals surface area contributed by atoms with E-state index >= 15 is 0 Å². The summed E-state index contributed by atoms with van der Waals surface area (Å²) in [6.45, 7) is 3.95. The number of hydrogen-bond acceptors (Lipinski definition) is 6. The number of aromatic nitrogens is 3. The van der Waals surface area contributed by atoms with Gasteiger partial charge < -0.3 is 4.74 Å². The Morgan fingerprint density at radius 2 is 2.10 bits per heavy atom. The highest BCUT2D eigenvalue weighted by Crippen LogP contribution is 2.12. The smallest absolute Gasteiger partial charge is 0.271 e. The number of anilines is 1. The van der Waals surface area contributed by atoms with Crippen molar-refractivity contribution in [2.75, 3.05) is 5.43 Å². The van der Waals surface area contributed by atoms with Crippen molar-refractivity contribution >= 4 is 12.2 Å². The van der Waals surface area contributed by atoms with Gasteiger partial charge in [0.2, 0.25) is 5.95 Å². The number of aromatic amines is 1. The van der Waals surface area contributed by atoms with E-state index in [1.54, 1.807) is 6.21 Å². The first-order valence-corrected chi connectivity index (χ1v) is 6.11. The molecule has 0 aliphatic rings. The Balaban J connectivity index is 1.96. The molecule has 7 nitrogen and oxygen atoms in total. The lowest BCUT2D eigenvalue weighted by Gasteiger charge is -2.09. The van der Waals surface area contributed by atoms with E-state index in [2.05, 4.69) is 25.7 Å². The van der Waals surface area contributed by atoms with Crippen molar-refractivity contribution in [2.24, 2.45) is 5.10 Å². The number of rotatable bonds is 5. The van der Waals surface area contributed by atoms with E-state index in [0.717, 1.165) is 17.5 Å². The van der Waals surface area contributed by atoms with Gasteiger partial charge in [-0.25, -0.2) is 5.43 Å². The molecule has 0 atom stereocenters. The van der Waals surface area contributed by atoms with Gasteiger partial charge in [0.05, 0.1) is 12.3 Å². The van der Waals surface area contributed by atoms with Gasteiger partial charge in [0.25, 0.3) is 5.56 Å². The first-order chi connectivity index (χ1) is 9.63. The number of benzene rings is 1. The molecule has 0 unspecified atom stereocenters. The molecule has 1 aromatic heterocycles. The van der Waals surface area contributed by atoms with Crippen LogP contribution in [0.2, 0.25) is 0 Å². The van der Waals surface area contributed by atoms with Gasteiger partial charge in [0.15, 0.2) is 0 Å². The second-order valence-electron chi connectivity index (χ2n) is 4.29. The minimum Gasteiger partial charge on any atom is -0.491 e. The van der Waals surface area contributed by atoms with Gasteiger partial charge in [-0.2, -0.15) is 5.10 Å². The summed E-state index contributed by atoms with van der Waals surface area (Å²) >= 11 is 0. The summed E-state index contributed by atoms with van der Waals surface area (Å²) < 4.78 is 5.54. The summed E-state index contributed by atoms with van der Waals surface area (Å²) in [4.78, 5) is 13.4. The average molecular weight is 273 g/mol. The van der Waals surface area contributed by atoms with Gasteiger partial charge in [-0.15, -0.1) is 10.2 Å². The number of nitrogens with zero attached hydrogens (tertiary/aromatic N) is 3. The van der Waals surface area contributed by atoms with E-state index < -0.39 is 0 Å². The Hall–Kier alpha value is -2.70. The van der Waals surface area contributed by atoms with Crippen molar-refractivity contribution in [3.05, 3.63) is 46.4 Å². The molecule has 1 heterocycles. The van der Waals surface area contributed by atoms with Crippen molar-refractivity contribution in [1.29, 1.82) is 0 Å². The Bertz CT molecular complexity index is 634. The summed E-state index contributed by atoms with van der Waals surface area (Å²) in [5, 5.41) is 11.1. The lowest BCUT2D eigenvalue weighted by molar-refractivity contribution is 0.242. The summed E-state index contributed by atoms with van der Waals surface area (Å²) in [6, 6.07) is 7.49. The Morgan fingerprint density at radius 3 is 2.75 bits per heavy atom. The predicted octanol–water partition coefficient (Wildman–Crippen LogP) is 1.40. The summed E-state index contributed by atoms with van der Waals surface area (Å²) in [5.41, 5.74) is 3.14. The molecular weight excluding hydrogens is 258 g/mol. The summed E-state index contributed by atoms with van der Waals surface area (Å²) in [5.74, 6) is 0.997. The van der Waals surface area contributed by atoms with E-state index in [-0.39, 0.29) is 17.6 Å². The minimum absolute atomic E-state index is 0.143. The minimum atomic E-state index is -0.340. The van der Waals surface area contributed by atoms with Crippen LogP contribution in [0.5, 0.6) is 5.75 Å². The lowest BCUT2D eigenvalue weighted by Crippen LogP contribution is -2.10. The maximum absolute atomic E-state index is 11.0. The van der Waals surface area contributed by atoms with Crippen LogP contribution in [0, 0.1) is 0 Å². The largest absolute Gasteiger partial charge is 0.491 e. The molecule has 104 valence electrons. The highest BCUT2D eigenvalue weighted by Gasteiger charge is 1.97. The molecule has 2 N–H and O–H groups in total. The van der Waals surface area contributed by atoms with Gasteiger partial charge in [-0.05, 0) is 43.7 Å². The first kappa shape index (κ1) is 13.7. The van der Waals surface area contributed by atoms with Gasteiger partial charge in [0.1, 0.15) is 11.9 Å². The molecule has 1 aromatic carbocycles. The van der Waals surface area contributed by atoms with E-state index in [1.807, 2.05) is 38.1 Å². The zero-order valence-electron chi connectivity index (χ0n) is 11.2. The molecule has 0 bridgehead atoms. The zero-order chi connectivity index (χ0) is 14.4. The van der Waals surface area contributed by atoms with Gasteiger partial charge in [0, 0.05) is 0 Å². The van der Waals surface area contributed by atoms with Crippen LogP contribution in [-0.2, 0) is 0 Å². The number of ether oxygens (including phenoxy) is 1. The molecule has 0 amide bonds. The predicted molar refractivity (Wildman–Crippen MR) is 76.1 cm³/mol. The van der Waals surface area contributed by atoms with Crippen LogP contribution in [0.15, 0.2) is 40.4 Å². The molecule has 0 saturated carbocycles. The third-order valence-electron chi connectivity index (χ3n) is 2.21. The topological polar surface area (TPSA) is 92.3 Å². The fraction of sp³-hybridized carbons (Fsp3) is 0.231. The van der Waals surface area contributed by atoms with Crippen molar-refractivity contribution in [3.8, 4) is 5.75 Å². The van der Waals surface area contributed by atoms with Crippen molar-refractivity contribution in [3.63, 3.8) is 0 Å². The van der Waals surface area contributed by atoms with E-state index in [9.17, 15) is 4.79 Å². The van der Waals surface area contributed by atoms with Crippen molar-refractivity contribution < 1.29 is 4.74 Å². The average Bonchev–Trinajstić information content (AvgIpc) is 2.40. The molecule has 0 saturated heterocycles. The maximum Gasteiger partial charge on any atom is 0.271 e. The Labute approximate surface area is 115 Å². The molecule has 2 rings (SSSR count). The third kappa shape index (κ3) is 4.20. The summed E-state index contributed by atoms with van der Waals surface area (Å²) in [7, 11) is 0. The monoisotopic (exact) mass is 273 g/mol. The zero-order valence-corrected chi connectivity index (χ0v) is 11.2. The number of hydrazone groups is 1. The van der Waals surface area contributed by atoms with E-state index in [1.165, 1.54) is 0 Å². The van der Waals surface area contributed by atoms with Crippen LogP contribution < -0.4 is 15.7 Å². The fourth-order valence-corrected chi connectivity index (χ4v) is 1.44. The van der Waals surface area contributed by atoms with Crippen LogP contribution in [0.4, 0.5) is 5.95 Å². The molecule has 0 aliphatic heterocycles. The molecule has 0 aliphatic carbocycles. The normalized spacial score (nSPS) is 10.9. The fourth-order valence-electron chi connectivity index (χ4n) is 1.44. The molecule has 20 heavy (non-hydrogen) atoms. The second kappa shape index (κ2) is 6.46. The van der Waals surface area contributed by atoms with Gasteiger partial charge in [-0.1, -0.05) is 0 Å². The molecule has 2 aromatic rings. The third-order valence-corrected chi connectivity index (χ3v) is 2.21. The molecule has 7 heteroatoms. The lowest BCUT2D eigenvalue weighted by atomic mass is 10.2. The van der Waals surface area contributed by atoms with E-state index in [0.29, 0.717) is 0 Å². The Kier molecular flexibility index (Phi) is 4.43. The standard InChI is InChI=1S/C13H15N5O2/c1-9(2)20-11-5-3-10(4-6-11)7-14-17-13-16-12(19)8-15-18-13/h3-9H,1-2H3,(H2,16,17,18,19)/b14-7+. The van der Waals surface area contributed by atoms with Gasteiger partial charge >= 0.3 is 0 Å². The maximum atomic E-state index is 11.0. The van der Waals surface area contributed by atoms with Crippen LogP contribution in [-0.4, -0.2) is 27.5 Å². The SMILES string of the molecule is CC(C)Oc1ccc(/C=N/Nc2nncc(=O)[nH]2)cc1. The second-order valence-corrected chi connectivity index (χ2v) is 4.29. The highest BCUT2D eigenvalue weighted by atomic mass is 16.5. The molecule has 0 spiro atoms. The number of H-pyrrole nitrogens is 1. The first-order valence-electron chi connectivity index (χ1n) is 6.11. The quantitative estimate of drug-likeness (QED) is 0.634. The van der Waals surface area contributed by atoms with Crippen molar-refractivity contribution in [1.82, 2.24) is 15.2 Å². The van der Waals surface area contributed by atoms with Gasteiger partial charge in [-0.3, -0.25) is 9.78 Å². The van der Waals surface area contributed by atoms with E-state index in [4.69, 9.17) is 4.74 Å². The molecular formula is C13H15N5O2.